The number of aryl methyl sites for hydroxylation is 1. The van der Waals surface area contributed by atoms with E-state index >= 15 is 0 Å². The molecule has 4 nitrogen and oxygen atoms in total. The average Bonchev–Trinajstić information content (AvgIpc) is 3.18. The van der Waals surface area contributed by atoms with Crippen LogP contribution >= 0.6 is 23.5 Å². The molecule has 4 rings (SSSR count). The monoisotopic (exact) mass is 417 g/mol. The molecule has 2 heterocycles. The number of aliphatic hydroxyl groups is 1. The quantitative estimate of drug-likeness (QED) is 0.565. The minimum Gasteiger partial charge on any atom is -0.393 e. The van der Waals surface area contributed by atoms with Gasteiger partial charge in [-0.25, -0.2) is 8.70 Å². The van der Waals surface area contributed by atoms with E-state index in [1.165, 1.54) is 6.07 Å². The van der Waals surface area contributed by atoms with Gasteiger partial charge < -0.3 is 5.11 Å². The van der Waals surface area contributed by atoms with Crippen LogP contribution in [0.2, 0.25) is 5.02 Å². The summed E-state index contributed by atoms with van der Waals surface area (Å²) in [6.45, 7) is 3.42. The van der Waals surface area contributed by atoms with Gasteiger partial charge in [0.1, 0.15) is 5.82 Å². The van der Waals surface area contributed by atoms with Crippen LogP contribution < -0.4 is 0 Å². The molecule has 0 spiro atoms. The summed E-state index contributed by atoms with van der Waals surface area (Å²) in [4.78, 5) is 0.976. The summed E-state index contributed by atoms with van der Waals surface area (Å²) in [5, 5.41) is 17.8. The summed E-state index contributed by atoms with van der Waals surface area (Å²) in [6, 6.07) is 12.8. The van der Waals surface area contributed by atoms with Gasteiger partial charge in [0.2, 0.25) is 0 Å². The molecule has 0 radical (unpaired) electrons. The largest absolute Gasteiger partial charge is 0.393 e. The molecule has 0 aliphatic carbocycles. The molecular formula is C21H21ClFN3OS. The van der Waals surface area contributed by atoms with E-state index in [-0.39, 0.29) is 11.9 Å². The number of nitrogens with one attached hydrogen (secondary N) is 1. The van der Waals surface area contributed by atoms with Crippen LogP contribution in [0.5, 0.6) is 0 Å². The van der Waals surface area contributed by atoms with E-state index in [0.29, 0.717) is 10.6 Å². The van der Waals surface area contributed by atoms with Crippen LogP contribution in [0, 0.1) is 12.7 Å². The normalized spacial score (nSPS) is 15.9. The smallest absolute Gasteiger partial charge is 0.126 e. The summed E-state index contributed by atoms with van der Waals surface area (Å²) in [6.07, 6.45) is 1.37. The molecule has 0 saturated carbocycles. The van der Waals surface area contributed by atoms with Gasteiger partial charge >= 0.3 is 0 Å². The third-order valence-corrected chi connectivity index (χ3v) is 6.52. The van der Waals surface area contributed by atoms with E-state index in [4.69, 9.17) is 11.6 Å². The number of hydrogen-bond acceptors (Lipinski definition) is 4. The zero-order chi connectivity index (χ0) is 19.7. The minimum absolute atomic E-state index is 0.197. The summed E-state index contributed by atoms with van der Waals surface area (Å²) in [5.74, 6) is -0.218. The van der Waals surface area contributed by atoms with Crippen molar-refractivity contribution in [1.29, 1.82) is 0 Å². The third-order valence-electron chi connectivity index (χ3n) is 4.92. The Hall–Kier alpha value is -1.86. The van der Waals surface area contributed by atoms with Gasteiger partial charge in [-0.1, -0.05) is 17.7 Å². The Morgan fingerprint density at radius 2 is 1.89 bits per heavy atom. The van der Waals surface area contributed by atoms with Crippen molar-refractivity contribution in [2.45, 2.75) is 30.8 Å². The lowest BCUT2D eigenvalue weighted by Crippen LogP contribution is -2.31. The molecule has 1 saturated heterocycles. The lowest BCUT2D eigenvalue weighted by molar-refractivity contribution is 0.116. The van der Waals surface area contributed by atoms with Gasteiger partial charge in [-0.2, -0.15) is 5.10 Å². The number of H-pyrrole nitrogens is 1. The van der Waals surface area contributed by atoms with Gasteiger partial charge in [-0.3, -0.25) is 5.10 Å². The minimum atomic E-state index is -0.218. The van der Waals surface area contributed by atoms with Crippen molar-refractivity contribution in [3.8, 4) is 22.5 Å². The first-order valence-electron chi connectivity index (χ1n) is 9.22. The Morgan fingerprint density at radius 3 is 2.64 bits per heavy atom. The van der Waals surface area contributed by atoms with E-state index in [9.17, 15) is 9.50 Å². The van der Waals surface area contributed by atoms with Crippen molar-refractivity contribution in [1.82, 2.24) is 14.5 Å². The fourth-order valence-corrected chi connectivity index (χ4v) is 4.46. The van der Waals surface area contributed by atoms with Crippen LogP contribution in [0.15, 0.2) is 47.4 Å². The highest BCUT2D eigenvalue weighted by Gasteiger charge is 2.19. The van der Waals surface area contributed by atoms with Gasteiger partial charge in [0, 0.05) is 29.1 Å². The van der Waals surface area contributed by atoms with Gasteiger partial charge in [-0.15, -0.1) is 0 Å². The number of nitrogens with zero attached hydrogens (tertiary/aromatic N) is 2. The molecule has 146 valence electrons. The second kappa shape index (κ2) is 8.25. The maximum atomic E-state index is 13.5. The standard InChI is InChI=1S/C21H21ClFN3OS/c1-13-10-14(3-5-18(13)23)19-12-20(25-24-19)15-2-4-17(22)21(11-15)28-26-8-6-16(27)7-9-26/h2-5,10-12,16,27H,6-9H2,1H3,(H,24,25). The van der Waals surface area contributed by atoms with Crippen LogP contribution in [0.25, 0.3) is 22.5 Å². The second-order valence-corrected chi connectivity index (χ2v) is 8.57. The number of piperidine rings is 1. The highest BCUT2D eigenvalue weighted by molar-refractivity contribution is 7.97. The maximum absolute atomic E-state index is 13.5. The SMILES string of the molecule is Cc1cc(-c2cc(-c3ccc(Cl)c(SN4CCC(O)CC4)c3)[nH]n2)ccc1F. The molecular weight excluding hydrogens is 397 g/mol. The predicted molar refractivity (Wildman–Crippen MR) is 112 cm³/mol. The molecule has 0 amide bonds. The molecule has 1 aromatic heterocycles. The molecule has 2 aromatic carbocycles. The van der Waals surface area contributed by atoms with Crippen molar-refractivity contribution in [2.24, 2.45) is 0 Å². The highest BCUT2D eigenvalue weighted by atomic mass is 35.5. The van der Waals surface area contributed by atoms with E-state index < -0.39 is 0 Å². The molecule has 1 aliphatic rings. The first-order valence-corrected chi connectivity index (χ1v) is 10.4. The summed E-state index contributed by atoms with van der Waals surface area (Å²) in [5.41, 5.74) is 4.11. The first kappa shape index (κ1) is 19.5. The van der Waals surface area contributed by atoms with Crippen molar-refractivity contribution >= 4 is 23.5 Å². The van der Waals surface area contributed by atoms with Crippen molar-refractivity contribution < 1.29 is 9.50 Å². The highest BCUT2D eigenvalue weighted by Crippen LogP contribution is 2.35. The van der Waals surface area contributed by atoms with Crippen molar-refractivity contribution in [3.05, 3.63) is 58.9 Å². The van der Waals surface area contributed by atoms with Crippen LogP contribution in [-0.2, 0) is 0 Å². The van der Waals surface area contributed by atoms with Crippen LogP contribution in [0.1, 0.15) is 18.4 Å². The third kappa shape index (κ3) is 4.25. The summed E-state index contributed by atoms with van der Waals surface area (Å²) in [7, 11) is 0. The van der Waals surface area contributed by atoms with Gasteiger partial charge in [-0.05, 0) is 73.7 Å². The Morgan fingerprint density at radius 1 is 1.14 bits per heavy atom. The Labute approximate surface area is 172 Å². The number of aromatic amines is 1. The number of hydrogen-bond donors (Lipinski definition) is 2. The molecule has 1 fully saturated rings. The van der Waals surface area contributed by atoms with Crippen LogP contribution in [0.4, 0.5) is 4.39 Å². The number of benzene rings is 2. The topological polar surface area (TPSA) is 52.1 Å². The first-order chi connectivity index (χ1) is 13.5. The molecule has 0 unspecified atom stereocenters. The fraction of sp³-hybridized carbons (Fsp3) is 0.286. The van der Waals surface area contributed by atoms with Gasteiger partial charge in [0.25, 0.3) is 0 Å². The Balaban J connectivity index is 1.56. The van der Waals surface area contributed by atoms with Crippen LogP contribution in [0.3, 0.4) is 0 Å². The maximum Gasteiger partial charge on any atom is 0.126 e. The lowest BCUT2D eigenvalue weighted by atomic mass is 10.1. The van der Waals surface area contributed by atoms with E-state index in [1.54, 1.807) is 31.0 Å². The summed E-state index contributed by atoms with van der Waals surface area (Å²) >= 11 is 8.03. The van der Waals surface area contributed by atoms with Crippen molar-refractivity contribution in [3.63, 3.8) is 0 Å². The van der Waals surface area contributed by atoms with E-state index in [0.717, 1.165) is 53.3 Å². The van der Waals surface area contributed by atoms with Gasteiger partial charge in [0.05, 0.1) is 22.5 Å². The molecule has 1 aliphatic heterocycles. The molecule has 7 heteroatoms. The molecule has 3 aromatic rings. The zero-order valence-electron chi connectivity index (χ0n) is 15.5. The second-order valence-electron chi connectivity index (χ2n) is 7.03. The molecule has 0 bridgehead atoms. The number of rotatable bonds is 4. The Bertz CT molecular complexity index is 986. The lowest BCUT2D eigenvalue weighted by Gasteiger charge is -2.28. The van der Waals surface area contributed by atoms with Crippen molar-refractivity contribution in [2.75, 3.05) is 13.1 Å². The number of aromatic nitrogens is 2. The average molecular weight is 418 g/mol. The Kier molecular flexibility index (Phi) is 5.73. The van der Waals surface area contributed by atoms with Gasteiger partial charge in [0.15, 0.2) is 0 Å². The molecule has 2 N–H and O–H groups in total. The molecule has 28 heavy (non-hydrogen) atoms. The van der Waals surface area contributed by atoms with E-state index in [2.05, 4.69) is 14.5 Å². The zero-order valence-corrected chi connectivity index (χ0v) is 17.0. The number of aliphatic hydroxyl groups excluding tert-OH is 1. The van der Waals surface area contributed by atoms with E-state index in [1.807, 2.05) is 24.3 Å². The summed E-state index contributed by atoms with van der Waals surface area (Å²) < 4.78 is 15.8. The van der Waals surface area contributed by atoms with Crippen LogP contribution in [-0.4, -0.2) is 38.8 Å². The predicted octanol–water partition coefficient (Wildman–Crippen LogP) is 5.31. The fourth-order valence-electron chi connectivity index (χ4n) is 3.23. The number of halogens is 2. The molecule has 0 atom stereocenters.